The van der Waals surface area contributed by atoms with E-state index in [0.29, 0.717) is 5.56 Å². The number of hydrogen-bond donors (Lipinski definition) is 2. The lowest BCUT2D eigenvalue weighted by atomic mass is 10.2. The molecule has 0 atom stereocenters. The number of hydrogen-bond acceptors (Lipinski definition) is 7. The summed E-state index contributed by atoms with van der Waals surface area (Å²) in [5.41, 5.74) is -3.50. The molecule has 2 aromatic heterocycles. The molecule has 39 heavy (non-hydrogen) atoms. The Morgan fingerprint density at radius 3 is 2.36 bits per heavy atom. The number of nitrogens with zero attached hydrogens (tertiary/aromatic N) is 3. The van der Waals surface area contributed by atoms with Crippen LogP contribution in [-0.2, 0) is 12.6 Å². The summed E-state index contributed by atoms with van der Waals surface area (Å²) in [7, 11) is 0. The van der Waals surface area contributed by atoms with Gasteiger partial charge < -0.3 is 19.4 Å². The van der Waals surface area contributed by atoms with Crippen LogP contribution in [0, 0.1) is 11.3 Å². The van der Waals surface area contributed by atoms with Crippen LogP contribution in [0.5, 0.6) is 17.2 Å². The predicted molar refractivity (Wildman–Crippen MR) is 126 cm³/mol. The maximum absolute atomic E-state index is 13.8. The summed E-state index contributed by atoms with van der Waals surface area (Å²) >= 11 is 5.84. The maximum Gasteiger partial charge on any atom is 0.437 e. The second-order valence-electron chi connectivity index (χ2n) is 7.74. The molecule has 2 N–H and O–H groups in total. The summed E-state index contributed by atoms with van der Waals surface area (Å²) in [6.07, 6.45) is -4.58. The molecule has 0 unspecified atom stereocenters. The van der Waals surface area contributed by atoms with Crippen molar-refractivity contribution in [1.29, 1.82) is 5.26 Å². The Kier molecular flexibility index (Phi) is 7.63. The van der Waals surface area contributed by atoms with E-state index in [1.807, 2.05) is 0 Å². The van der Waals surface area contributed by atoms with Crippen molar-refractivity contribution in [3.05, 3.63) is 97.0 Å². The molecule has 0 saturated carbocycles. The van der Waals surface area contributed by atoms with Gasteiger partial charge in [-0.15, -0.1) is 0 Å². The van der Waals surface area contributed by atoms with Gasteiger partial charge in [0.15, 0.2) is 5.69 Å². The Labute approximate surface area is 219 Å². The highest BCUT2D eigenvalue weighted by molar-refractivity contribution is 6.30. The van der Waals surface area contributed by atoms with E-state index in [1.165, 1.54) is 30.3 Å². The number of benzene rings is 2. The molecule has 0 spiro atoms. The average Bonchev–Trinajstić information content (AvgIpc) is 2.86. The molecule has 0 aliphatic rings. The Hall–Kier alpha value is -4.77. The monoisotopic (exact) mass is 565 g/mol. The molecule has 2 heterocycles. The summed E-state index contributed by atoms with van der Waals surface area (Å²) in [5, 5.41) is 9.02. The summed E-state index contributed by atoms with van der Waals surface area (Å²) in [5.74, 6) is -2.05. The van der Waals surface area contributed by atoms with Gasteiger partial charge in [0.25, 0.3) is 11.1 Å². The van der Waals surface area contributed by atoms with Crippen LogP contribution in [0.15, 0.2) is 58.3 Å². The summed E-state index contributed by atoms with van der Waals surface area (Å²) in [6, 6.07) is 10.4. The molecule has 0 aliphatic carbocycles. The fourth-order valence-electron chi connectivity index (χ4n) is 3.35. The van der Waals surface area contributed by atoms with Crippen LogP contribution >= 0.6 is 11.6 Å². The van der Waals surface area contributed by atoms with Gasteiger partial charge in [0.2, 0.25) is 5.75 Å². The van der Waals surface area contributed by atoms with Gasteiger partial charge in [0.1, 0.15) is 23.1 Å². The van der Waals surface area contributed by atoms with Crippen LogP contribution in [-0.4, -0.2) is 26.5 Å². The minimum absolute atomic E-state index is 0.00813. The summed E-state index contributed by atoms with van der Waals surface area (Å²) < 4.78 is 75.3. The van der Waals surface area contributed by atoms with E-state index in [-0.39, 0.29) is 33.5 Å². The lowest BCUT2D eigenvalue weighted by Gasteiger charge is -2.14. The molecule has 2 aromatic carbocycles. The third kappa shape index (κ3) is 6.57. The van der Waals surface area contributed by atoms with Crippen LogP contribution < -0.4 is 20.6 Å². The van der Waals surface area contributed by atoms with Crippen molar-refractivity contribution in [3.8, 4) is 34.7 Å². The zero-order valence-electron chi connectivity index (χ0n) is 19.1. The molecule has 15 heteroatoms. The molecular formula is C24H13ClF5N5O4. The van der Waals surface area contributed by atoms with Crippen LogP contribution in [0.2, 0.25) is 5.02 Å². The number of nitriles is 1. The van der Waals surface area contributed by atoms with Gasteiger partial charge in [-0.1, -0.05) is 11.6 Å². The van der Waals surface area contributed by atoms with Crippen LogP contribution in [0.4, 0.5) is 22.0 Å². The second kappa shape index (κ2) is 10.9. The number of aromatic nitrogens is 4. The van der Waals surface area contributed by atoms with Crippen molar-refractivity contribution in [3.63, 3.8) is 0 Å². The van der Waals surface area contributed by atoms with E-state index in [4.69, 9.17) is 21.6 Å². The largest absolute Gasteiger partial charge is 0.449 e. The highest BCUT2D eigenvalue weighted by atomic mass is 35.5. The number of H-pyrrole nitrogens is 2. The minimum Gasteiger partial charge on any atom is -0.449 e. The normalized spacial score (nSPS) is 11.3. The van der Waals surface area contributed by atoms with E-state index >= 15 is 0 Å². The molecule has 4 aromatic rings. The molecule has 9 nitrogen and oxygen atoms in total. The first-order valence-electron chi connectivity index (χ1n) is 10.7. The van der Waals surface area contributed by atoms with Crippen molar-refractivity contribution >= 4 is 11.6 Å². The molecule has 0 fully saturated rings. The minimum atomic E-state index is -5.12. The van der Waals surface area contributed by atoms with Crippen molar-refractivity contribution < 1.29 is 31.4 Å². The first-order chi connectivity index (χ1) is 18.4. The van der Waals surface area contributed by atoms with E-state index in [2.05, 4.69) is 24.7 Å². The number of rotatable bonds is 7. The third-order valence-corrected chi connectivity index (χ3v) is 5.22. The highest BCUT2D eigenvalue weighted by Crippen LogP contribution is 2.35. The summed E-state index contributed by atoms with van der Waals surface area (Å²) in [6.45, 7) is -3.01. The average molecular weight is 566 g/mol. The third-order valence-electron chi connectivity index (χ3n) is 5.00. The maximum atomic E-state index is 13.8. The number of alkyl halides is 5. The molecule has 200 valence electrons. The second-order valence-corrected chi connectivity index (χ2v) is 8.18. The van der Waals surface area contributed by atoms with Crippen molar-refractivity contribution in [2.45, 2.75) is 19.2 Å². The van der Waals surface area contributed by atoms with Crippen LogP contribution in [0.1, 0.15) is 22.6 Å². The molecular weight excluding hydrogens is 553 g/mol. The van der Waals surface area contributed by atoms with E-state index in [1.54, 1.807) is 6.07 Å². The Morgan fingerprint density at radius 2 is 1.74 bits per heavy atom. The predicted octanol–water partition coefficient (Wildman–Crippen LogP) is 5.05. The van der Waals surface area contributed by atoms with E-state index in [0.717, 1.165) is 18.3 Å². The Morgan fingerprint density at radius 1 is 1.03 bits per heavy atom. The Bertz CT molecular complexity index is 1680. The first-order valence-corrected chi connectivity index (χ1v) is 11.0. The molecule has 0 aliphatic heterocycles. The lowest BCUT2D eigenvalue weighted by molar-refractivity contribution is -0.142. The number of ether oxygens (including phenoxy) is 2. The van der Waals surface area contributed by atoms with Crippen molar-refractivity contribution in [2.24, 2.45) is 0 Å². The fraction of sp³-hybridized carbons (Fsp3) is 0.125. The van der Waals surface area contributed by atoms with Gasteiger partial charge in [0, 0.05) is 28.8 Å². The topological polar surface area (TPSA) is 134 Å². The van der Waals surface area contributed by atoms with Crippen LogP contribution in [0.3, 0.4) is 0 Å². The SMILES string of the molecule is N#Cc1cc(Cl)cc(Oc2c(C(F)(F)F)nc(Cc3cnc(-c4ccc(OC(F)F)cc4)[nH]c3=O)[nH]c2=O)c1. The van der Waals surface area contributed by atoms with Gasteiger partial charge in [-0.2, -0.15) is 27.2 Å². The quantitative estimate of drug-likeness (QED) is 0.300. The number of aromatic amines is 2. The highest BCUT2D eigenvalue weighted by Gasteiger charge is 2.39. The van der Waals surface area contributed by atoms with Gasteiger partial charge in [0.05, 0.1) is 11.6 Å². The molecule has 0 radical (unpaired) electrons. The zero-order valence-corrected chi connectivity index (χ0v) is 19.9. The van der Waals surface area contributed by atoms with Crippen LogP contribution in [0.25, 0.3) is 11.4 Å². The molecule has 4 rings (SSSR count). The Balaban J connectivity index is 1.63. The van der Waals surface area contributed by atoms with E-state index in [9.17, 15) is 31.5 Å². The van der Waals surface area contributed by atoms with Gasteiger partial charge in [-0.05, 0) is 42.5 Å². The smallest absolute Gasteiger partial charge is 0.437 e. The molecule has 0 bridgehead atoms. The number of halogens is 6. The van der Waals surface area contributed by atoms with Crippen molar-refractivity contribution in [2.75, 3.05) is 0 Å². The lowest BCUT2D eigenvalue weighted by Crippen LogP contribution is -2.23. The fourth-order valence-corrected chi connectivity index (χ4v) is 3.58. The van der Waals surface area contributed by atoms with Crippen molar-refractivity contribution in [1.82, 2.24) is 19.9 Å². The molecule has 0 saturated heterocycles. The van der Waals surface area contributed by atoms with E-state index < -0.39 is 47.6 Å². The first kappa shape index (κ1) is 27.3. The molecule has 0 amide bonds. The summed E-state index contributed by atoms with van der Waals surface area (Å²) in [4.78, 5) is 37.2. The standard InChI is InChI=1S/C24H13ClF5N5O4/c25-14-5-11(9-31)6-16(8-14)38-18-19(24(28,29)30)33-17(34-22(18)37)7-13-10-32-20(35-21(13)36)12-1-3-15(4-2-12)39-23(26)27/h1-6,8,10,23H,7H2,(H,32,35,36)(H,33,34,37). The van der Waals surface area contributed by atoms with Gasteiger partial charge in [-0.3, -0.25) is 9.59 Å². The zero-order chi connectivity index (χ0) is 28.3. The number of nitrogens with one attached hydrogen (secondary N) is 2. The van der Waals surface area contributed by atoms with Gasteiger partial charge >= 0.3 is 12.8 Å². The van der Waals surface area contributed by atoms with Gasteiger partial charge in [-0.25, -0.2) is 9.97 Å².